The standard InChI is InChI=1S/C6H10O2Si/c1-9(4-7)6-3-2-5(6)8/h4-5,8H,2-3H2,1H3/b9-6+. The maximum atomic E-state index is 10.2. The Bertz CT molecular complexity index is 162. The summed E-state index contributed by atoms with van der Waals surface area (Å²) in [4.78, 5) is 10.2. The van der Waals surface area contributed by atoms with Gasteiger partial charge in [-0.15, -0.1) is 0 Å². The SMILES string of the molecule is C/[Si](C=O)=C1/CCC1O. The van der Waals surface area contributed by atoms with Crippen molar-refractivity contribution in [3.63, 3.8) is 0 Å². The highest BCUT2D eigenvalue weighted by Gasteiger charge is 2.22. The predicted octanol–water partition coefficient (Wildman–Crippen LogP) is -0.208. The van der Waals surface area contributed by atoms with Gasteiger partial charge >= 0.3 is 0 Å². The zero-order chi connectivity index (χ0) is 6.85. The van der Waals surface area contributed by atoms with Crippen molar-refractivity contribution in [1.29, 1.82) is 0 Å². The van der Waals surface area contributed by atoms with E-state index < -0.39 is 8.41 Å². The lowest BCUT2D eigenvalue weighted by atomic mass is 9.96. The van der Waals surface area contributed by atoms with E-state index in [1.54, 1.807) is 0 Å². The summed E-state index contributed by atoms with van der Waals surface area (Å²) >= 11 is 0. The van der Waals surface area contributed by atoms with Crippen molar-refractivity contribution in [2.45, 2.75) is 25.5 Å². The number of hydrogen-bond acceptors (Lipinski definition) is 2. The Labute approximate surface area is 55.7 Å². The highest BCUT2D eigenvalue weighted by atomic mass is 28.2. The Kier molecular flexibility index (Phi) is 1.93. The quantitative estimate of drug-likeness (QED) is 0.406. The number of aliphatic hydroxyl groups excluding tert-OH is 1. The fraction of sp³-hybridized carbons (Fsp3) is 0.667. The van der Waals surface area contributed by atoms with Crippen LogP contribution in [0.25, 0.3) is 0 Å². The zero-order valence-corrected chi connectivity index (χ0v) is 6.42. The minimum Gasteiger partial charge on any atom is -0.389 e. The highest BCUT2D eigenvalue weighted by molar-refractivity contribution is 6.91. The second-order valence-electron chi connectivity index (χ2n) is 2.38. The summed E-state index contributed by atoms with van der Waals surface area (Å²) in [5.74, 6) is 0.988. The molecule has 9 heavy (non-hydrogen) atoms. The molecule has 2 nitrogen and oxygen atoms in total. The third-order valence-corrected chi connectivity index (χ3v) is 3.72. The first-order chi connectivity index (χ1) is 4.25. The molecule has 1 saturated carbocycles. The van der Waals surface area contributed by atoms with Crippen LogP contribution >= 0.6 is 0 Å². The van der Waals surface area contributed by atoms with Crippen LogP contribution in [0, 0.1) is 0 Å². The summed E-state index contributed by atoms with van der Waals surface area (Å²) in [6, 6.07) is 0. The van der Waals surface area contributed by atoms with Gasteiger partial charge in [0.2, 0.25) is 0 Å². The van der Waals surface area contributed by atoms with Crippen molar-refractivity contribution in [3.05, 3.63) is 0 Å². The molecule has 3 heteroatoms. The molecule has 0 heterocycles. The molecule has 0 amide bonds. The van der Waals surface area contributed by atoms with Crippen molar-refractivity contribution in [3.8, 4) is 0 Å². The lowest BCUT2D eigenvalue weighted by Crippen LogP contribution is -2.37. The van der Waals surface area contributed by atoms with Crippen LogP contribution in [-0.2, 0) is 4.79 Å². The van der Waals surface area contributed by atoms with Gasteiger partial charge in [-0.2, -0.15) is 0 Å². The molecule has 1 N–H and O–H groups in total. The van der Waals surface area contributed by atoms with Crippen LogP contribution in [0.4, 0.5) is 0 Å². The van der Waals surface area contributed by atoms with Gasteiger partial charge in [0.1, 0.15) is 5.91 Å². The van der Waals surface area contributed by atoms with Crippen molar-refractivity contribution >= 4 is 19.5 Å². The second-order valence-corrected chi connectivity index (χ2v) is 4.62. The molecule has 1 unspecified atom stereocenters. The second kappa shape index (κ2) is 2.54. The molecule has 0 aromatic rings. The van der Waals surface area contributed by atoms with Crippen LogP contribution in [0.2, 0.25) is 6.55 Å². The number of hydrogen-bond donors (Lipinski definition) is 1. The van der Waals surface area contributed by atoms with E-state index in [0.717, 1.165) is 23.9 Å². The summed E-state index contributed by atoms with van der Waals surface area (Å²) in [5, 5.41) is 10.1. The largest absolute Gasteiger partial charge is 0.389 e. The normalized spacial score (nSPS) is 31.1. The molecule has 50 valence electrons. The highest BCUT2D eigenvalue weighted by Crippen LogP contribution is 2.14. The van der Waals surface area contributed by atoms with E-state index >= 15 is 0 Å². The van der Waals surface area contributed by atoms with Crippen LogP contribution in [0.15, 0.2) is 0 Å². The summed E-state index contributed by atoms with van der Waals surface area (Å²) < 4.78 is 0. The molecule has 0 saturated heterocycles. The molecule has 1 aliphatic carbocycles. The fourth-order valence-electron chi connectivity index (χ4n) is 0.953. The topological polar surface area (TPSA) is 37.3 Å². The molecular weight excluding hydrogens is 132 g/mol. The Morgan fingerprint density at radius 3 is 2.67 bits per heavy atom. The fourth-order valence-corrected chi connectivity index (χ4v) is 2.31. The summed E-state index contributed by atoms with van der Waals surface area (Å²) in [7, 11) is -0.933. The number of aliphatic hydroxyl groups is 1. The van der Waals surface area contributed by atoms with E-state index in [4.69, 9.17) is 5.11 Å². The number of carbonyl (C=O) groups excluding carboxylic acids is 1. The Morgan fingerprint density at radius 1 is 1.89 bits per heavy atom. The average molecular weight is 142 g/mol. The van der Waals surface area contributed by atoms with Crippen LogP contribution in [0.5, 0.6) is 0 Å². The summed E-state index contributed by atoms with van der Waals surface area (Å²) in [5.41, 5.74) is 0. The molecule has 1 atom stereocenters. The molecule has 1 aliphatic rings. The summed E-state index contributed by atoms with van der Waals surface area (Å²) in [6.45, 7) is 1.93. The van der Waals surface area contributed by atoms with E-state index in [9.17, 15) is 4.79 Å². The predicted molar refractivity (Wildman–Crippen MR) is 38.6 cm³/mol. The minimum absolute atomic E-state index is 0.242. The molecule has 0 bridgehead atoms. The van der Waals surface area contributed by atoms with Gasteiger partial charge in [-0.25, -0.2) is 0 Å². The monoisotopic (exact) mass is 142 g/mol. The first kappa shape index (κ1) is 6.83. The van der Waals surface area contributed by atoms with E-state index in [1.807, 2.05) is 6.55 Å². The molecule has 0 radical (unpaired) electrons. The van der Waals surface area contributed by atoms with Crippen molar-refractivity contribution in [2.24, 2.45) is 0 Å². The third kappa shape index (κ3) is 1.16. The Morgan fingerprint density at radius 2 is 2.56 bits per heavy atom. The van der Waals surface area contributed by atoms with Crippen molar-refractivity contribution in [2.75, 3.05) is 0 Å². The van der Waals surface area contributed by atoms with Gasteiger partial charge in [-0.05, 0) is 19.4 Å². The van der Waals surface area contributed by atoms with Gasteiger partial charge in [0.15, 0.2) is 0 Å². The minimum atomic E-state index is -0.933. The van der Waals surface area contributed by atoms with Crippen LogP contribution < -0.4 is 0 Å². The van der Waals surface area contributed by atoms with Crippen LogP contribution in [-0.4, -0.2) is 30.7 Å². The molecule has 0 spiro atoms. The maximum absolute atomic E-state index is 10.2. The average Bonchev–Trinajstić information content (AvgIpc) is 1.84. The van der Waals surface area contributed by atoms with Gasteiger partial charge in [-0.3, -0.25) is 0 Å². The molecule has 1 fully saturated rings. The van der Waals surface area contributed by atoms with Gasteiger partial charge < -0.3 is 9.90 Å². The Hall–Kier alpha value is -0.283. The first-order valence-corrected chi connectivity index (χ1v) is 5.16. The van der Waals surface area contributed by atoms with E-state index in [0.29, 0.717) is 0 Å². The van der Waals surface area contributed by atoms with Gasteiger partial charge in [-0.1, -0.05) is 5.17 Å². The van der Waals surface area contributed by atoms with E-state index in [2.05, 4.69) is 0 Å². The molecule has 0 aromatic carbocycles. The third-order valence-electron chi connectivity index (χ3n) is 1.77. The lowest BCUT2D eigenvalue weighted by Gasteiger charge is -2.25. The lowest BCUT2D eigenvalue weighted by molar-refractivity contribution is 0.207. The number of carbonyl (C=O) groups is 1. The van der Waals surface area contributed by atoms with E-state index in [-0.39, 0.29) is 6.10 Å². The summed E-state index contributed by atoms with van der Waals surface area (Å²) in [6.07, 6.45) is 1.60. The van der Waals surface area contributed by atoms with Crippen molar-refractivity contribution < 1.29 is 9.90 Å². The Balaban J connectivity index is 2.69. The molecule has 0 aliphatic heterocycles. The maximum Gasteiger partial charge on any atom is 0.117 e. The van der Waals surface area contributed by atoms with Gasteiger partial charge in [0.05, 0.1) is 14.5 Å². The molecule has 0 aromatic heterocycles. The van der Waals surface area contributed by atoms with Gasteiger partial charge in [0.25, 0.3) is 0 Å². The number of rotatable bonds is 1. The van der Waals surface area contributed by atoms with Gasteiger partial charge in [0, 0.05) is 0 Å². The van der Waals surface area contributed by atoms with Crippen LogP contribution in [0.3, 0.4) is 0 Å². The van der Waals surface area contributed by atoms with Crippen LogP contribution in [0.1, 0.15) is 12.8 Å². The van der Waals surface area contributed by atoms with Crippen molar-refractivity contribution in [1.82, 2.24) is 0 Å². The first-order valence-electron chi connectivity index (χ1n) is 3.08. The smallest absolute Gasteiger partial charge is 0.117 e. The zero-order valence-electron chi connectivity index (χ0n) is 5.42. The molecular formula is C6H10O2Si. The molecule has 1 rings (SSSR count). The van der Waals surface area contributed by atoms with E-state index in [1.165, 1.54) is 0 Å².